The number of rotatable bonds is 4. The van der Waals surface area contributed by atoms with Crippen LogP contribution in [0.25, 0.3) is 0 Å². The lowest BCUT2D eigenvalue weighted by atomic mass is 9.92. The Balaban J connectivity index is 2.60. The van der Waals surface area contributed by atoms with Gasteiger partial charge in [0, 0.05) is 12.7 Å². The molecule has 0 fully saturated rings. The van der Waals surface area contributed by atoms with Gasteiger partial charge in [0.15, 0.2) is 0 Å². The molecule has 1 N–H and O–H groups in total. The van der Waals surface area contributed by atoms with Gasteiger partial charge in [-0.05, 0) is 20.3 Å². The van der Waals surface area contributed by atoms with E-state index >= 15 is 0 Å². The highest BCUT2D eigenvalue weighted by molar-refractivity contribution is 5.86. The fraction of sp³-hybridized carbons (Fsp3) is 0.500. The van der Waals surface area contributed by atoms with Crippen LogP contribution in [-0.4, -0.2) is 20.9 Å². The first-order valence-electron chi connectivity index (χ1n) is 4.61. The number of aromatic nitrogens is 2. The predicted octanol–water partition coefficient (Wildman–Crippen LogP) is 1.52. The highest BCUT2D eigenvalue weighted by Gasteiger charge is 2.16. The Morgan fingerprint density at radius 3 is 2.87 bits per heavy atom. The molecule has 0 aromatic carbocycles. The molecule has 0 bridgehead atoms. The molecule has 80 valence electrons. The minimum absolute atomic E-state index is 0.171. The molecule has 1 heterocycles. The maximum atomic E-state index is 10.6. The maximum Gasteiger partial charge on any atom is 0.338 e. The molecular formula is C10H13N3O2. The van der Waals surface area contributed by atoms with Crippen molar-refractivity contribution in [3.05, 3.63) is 18.0 Å². The summed E-state index contributed by atoms with van der Waals surface area (Å²) in [4.78, 5) is 10.6. The van der Waals surface area contributed by atoms with E-state index < -0.39 is 11.4 Å². The van der Waals surface area contributed by atoms with Crippen LogP contribution in [0.2, 0.25) is 0 Å². The van der Waals surface area contributed by atoms with Crippen molar-refractivity contribution in [3.63, 3.8) is 0 Å². The van der Waals surface area contributed by atoms with E-state index in [0.29, 0.717) is 13.0 Å². The first-order chi connectivity index (χ1) is 6.94. The lowest BCUT2D eigenvalue weighted by molar-refractivity contribution is 0.0697. The number of carbonyl (C=O) groups is 1. The van der Waals surface area contributed by atoms with Crippen LogP contribution in [0.5, 0.6) is 0 Å². The van der Waals surface area contributed by atoms with E-state index in [0.717, 1.165) is 0 Å². The molecule has 1 rings (SSSR count). The van der Waals surface area contributed by atoms with Crippen molar-refractivity contribution >= 4 is 5.97 Å². The highest BCUT2D eigenvalue weighted by atomic mass is 16.4. The molecule has 5 nitrogen and oxygen atoms in total. The Bertz CT molecular complexity index is 401. The molecule has 0 spiro atoms. The van der Waals surface area contributed by atoms with Crippen molar-refractivity contribution in [2.24, 2.45) is 5.41 Å². The number of carboxylic acid groups (broad SMARTS) is 1. The summed E-state index contributed by atoms with van der Waals surface area (Å²) < 4.78 is 1.54. The Hall–Kier alpha value is -1.83. The van der Waals surface area contributed by atoms with Gasteiger partial charge < -0.3 is 5.11 Å². The summed E-state index contributed by atoms with van der Waals surface area (Å²) in [5.74, 6) is -0.985. The molecule has 0 amide bonds. The van der Waals surface area contributed by atoms with Gasteiger partial charge in [0.1, 0.15) is 0 Å². The second kappa shape index (κ2) is 4.13. The van der Waals surface area contributed by atoms with Gasteiger partial charge in [-0.3, -0.25) is 4.68 Å². The quantitative estimate of drug-likeness (QED) is 0.811. The molecule has 1 aromatic heterocycles. The number of nitrogens with zero attached hydrogens (tertiary/aromatic N) is 3. The van der Waals surface area contributed by atoms with Gasteiger partial charge >= 0.3 is 5.97 Å². The third-order valence-electron chi connectivity index (χ3n) is 2.15. The van der Waals surface area contributed by atoms with Crippen LogP contribution < -0.4 is 0 Å². The molecular weight excluding hydrogens is 194 g/mol. The molecule has 0 aliphatic heterocycles. The molecule has 0 saturated carbocycles. The van der Waals surface area contributed by atoms with E-state index in [4.69, 9.17) is 10.4 Å². The molecule has 1 aromatic rings. The highest BCUT2D eigenvalue weighted by Crippen LogP contribution is 2.19. The molecule has 0 unspecified atom stereocenters. The summed E-state index contributed by atoms with van der Waals surface area (Å²) in [5.41, 5.74) is -0.236. The summed E-state index contributed by atoms with van der Waals surface area (Å²) in [7, 11) is 0. The Kier molecular flexibility index (Phi) is 3.10. The smallest absolute Gasteiger partial charge is 0.338 e. The van der Waals surface area contributed by atoms with Crippen molar-refractivity contribution in [3.8, 4) is 6.07 Å². The Morgan fingerprint density at radius 1 is 1.73 bits per heavy atom. The van der Waals surface area contributed by atoms with Crippen molar-refractivity contribution < 1.29 is 9.90 Å². The average molecular weight is 207 g/mol. The van der Waals surface area contributed by atoms with Gasteiger partial charge in [-0.15, -0.1) is 0 Å². The second-order valence-electron chi connectivity index (χ2n) is 4.04. The number of hydrogen-bond acceptors (Lipinski definition) is 3. The molecule has 5 heteroatoms. The summed E-state index contributed by atoms with van der Waals surface area (Å²) in [6.45, 7) is 4.23. The third-order valence-corrected chi connectivity index (χ3v) is 2.15. The van der Waals surface area contributed by atoms with Crippen molar-refractivity contribution in [1.29, 1.82) is 5.26 Å². The normalized spacial score (nSPS) is 11.0. The fourth-order valence-electron chi connectivity index (χ4n) is 1.05. The average Bonchev–Trinajstić information content (AvgIpc) is 2.63. The van der Waals surface area contributed by atoms with Gasteiger partial charge in [-0.2, -0.15) is 10.4 Å². The lowest BCUT2D eigenvalue weighted by Gasteiger charge is -2.14. The maximum absolute atomic E-state index is 10.6. The van der Waals surface area contributed by atoms with E-state index in [9.17, 15) is 4.79 Å². The zero-order valence-electron chi connectivity index (χ0n) is 8.77. The van der Waals surface area contributed by atoms with Crippen LogP contribution in [0.1, 0.15) is 30.6 Å². The molecule has 0 atom stereocenters. The van der Waals surface area contributed by atoms with Crippen LogP contribution in [0.3, 0.4) is 0 Å². The lowest BCUT2D eigenvalue weighted by Crippen LogP contribution is -2.12. The summed E-state index contributed by atoms with van der Waals surface area (Å²) in [5, 5.41) is 21.4. The SMILES string of the molecule is CC(C)(C#N)CCn1cc(C(=O)O)cn1. The van der Waals surface area contributed by atoms with Gasteiger partial charge in [-0.25, -0.2) is 4.79 Å². The second-order valence-corrected chi connectivity index (χ2v) is 4.04. The van der Waals surface area contributed by atoms with E-state index in [-0.39, 0.29) is 5.56 Å². The number of nitriles is 1. The Morgan fingerprint density at radius 2 is 2.40 bits per heavy atom. The van der Waals surface area contributed by atoms with Crippen LogP contribution >= 0.6 is 0 Å². The van der Waals surface area contributed by atoms with E-state index in [1.165, 1.54) is 12.4 Å². The summed E-state index contributed by atoms with van der Waals surface area (Å²) in [6.07, 6.45) is 3.42. The topological polar surface area (TPSA) is 78.9 Å². The molecule has 0 radical (unpaired) electrons. The van der Waals surface area contributed by atoms with Crippen molar-refractivity contribution in [2.75, 3.05) is 0 Å². The molecule has 0 aliphatic rings. The zero-order valence-corrected chi connectivity index (χ0v) is 8.77. The van der Waals surface area contributed by atoms with Crippen LogP contribution in [0.15, 0.2) is 12.4 Å². The zero-order chi connectivity index (χ0) is 11.5. The number of carboxylic acids is 1. The molecule has 0 saturated heterocycles. The minimum Gasteiger partial charge on any atom is -0.478 e. The summed E-state index contributed by atoms with van der Waals surface area (Å²) in [6, 6.07) is 2.18. The molecule has 0 aliphatic carbocycles. The number of hydrogen-bond donors (Lipinski definition) is 1. The summed E-state index contributed by atoms with van der Waals surface area (Å²) >= 11 is 0. The molecule has 15 heavy (non-hydrogen) atoms. The Labute approximate surface area is 87.9 Å². The first kappa shape index (κ1) is 11.2. The van der Waals surface area contributed by atoms with Crippen molar-refractivity contribution in [1.82, 2.24) is 9.78 Å². The van der Waals surface area contributed by atoms with Gasteiger partial charge in [-0.1, -0.05) is 0 Å². The number of aromatic carboxylic acids is 1. The van der Waals surface area contributed by atoms with Crippen LogP contribution in [0, 0.1) is 16.7 Å². The van der Waals surface area contributed by atoms with E-state index in [2.05, 4.69) is 11.2 Å². The van der Waals surface area contributed by atoms with Crippen LogP contribution in [0.4, 0.5) is 0 Å². The van der Waals surface area contributed by atoms with Gasteiger partial charge in [0.25, 0.3) is 0 Å². The first-order valence-corrected chi connectivity index (χ1v) is 4.61. The standard InChI is InChI=1S/C10H13N3O2/c1-10(2,7-11)3-4-13-6-8(5-12-13)9(14)15/h5-6H,3-4H2,1-2H3,(H,14,15). The fourth-order valence-corrected chi connectivity index (χ4v) is 1.05. The number of aryl methyl sites for hydroxylation is 1. The third kappa shape index (κ3) is 3.09. The largest absolute Gasteiger partial charge is 0.478 e. The van der Waals surface area contributed by atoms with Gasteiger partial charge in [0.05, 0.1) is 23.2 Å². The predicted molar refractivity (Wildman–Crippen MR) is 53.2 cm³/mol. The van der Waals surface area contributed by atoms with E-state index in [1.807, 2.05) is 13.8 Å². The minimum atomic E-state index is -0.985. The van der Waals surface area contributed by atoms with E-state index in [1.54, 1.807) is 4.68 Å². The monoisotopic (exact) mass is 207 g/mol. The van der Waals surface area contributed by atoms with Crippen LogP contribution in [-0.2, 0) is 6.54 Å². The van der Waals surface area contributed by atoms with Crippen molar-refractivity contribution in [2.45, 2.75) is 26.8 Å². The van der Waals surface area contributed by atoms with Gasteiger partial charge in [0.2, 0.25) is 0 Å².